The van der Waals surface area contributed by atoms with Crippen LogP contribution in [0.5, 0.6) is 0 Å². The van der Waals surface area contributed by atoms with E-state index in [1.165, 1.54) is 6.26 Å². The van der Waals surface area contributed by atoms with Crippen molar-refractivity contribution < 1.29 is 18.8 Å². The van der Waals surface area contributed by atoms with E-state index in [-0.39, 0.29) is 30.8 Å². The second kappa shape index (κ2) is 9.90. The zero-order valence-corrected chi connectivity index (χ0v) is 18.6. The van der Waals surface area contributed by atoms with E-state index in [2.05, 4.69) is 21.2 Å². The highest BCUT2D eigenvalue weighted by atomic mass is 79.9. The number of carbonyl (C=O) groups is 3. The normalized spacial score (nSPS) is 14.1. The quantitative estimate of drug-likeness (QED) is 0.690. The molecule has 2 aromatic rings. The smallest absolute Gasteiger partial charge is 0.289 e. The summed E-state index contributed by atoms with van der Waals surface area (Å²) in [7, 11) is 1.74. The Balaban J connectivity index is 1.43. The molecule has 1 fully saturated rings. The molecule has 1 aliphatic rings. The van der Waals surface area contributed by atoms with Gasteiger partial charge in [-0.15, -0.1) is 0 Å². The van der Waals surface area contributed by atoms with Crippen LogP contribution in [0.4, 0.5) is 5.69 Å². The van der Waals surface area contributed by atoms with Gasteiger partial charge in [0.2, 0.25) is 11.8 Å². The summed E-state index contributed by atoms with van der Waals surface area (Å²) in [5.41, 5.74) is 1.71. The number of benzene rings is 1. The van der Waals surface area contributed by atoms with Gasteiger partial charge in [-0.2, -0.15) is 0 Å². The van der Waals surface area contributed by atoms with Crippen molar-refractivity contribution in [1.29, 1.82) is 0 Å². The maximum atomic E-state index is 12.6. The number of nitrogens with zero attached hydrogens (tertiary/aromatic N) is 3. The molecular weight excluding hydrogens is 452 g/mol. The number of halogens is 1. The summed E-state index contributed by atoms with van der Waals surface area (Å²) >= 11 is 3.40. The fourth-order valence-corrected chi connectivity index (χ4v) is 3.78. The SMILES string of the molecule is Cc1cc(Br)ccc1NC(=O)CN(C)CC(=O)N1CCN(C(=O)c2ccco2)CC1. The van der Waals surface area contributed by atoms with E-state index < -0.39 is 0 Å². The first-order chi connectivity index (χ1) is 14.3. The highest BCUT2D eigenvalue weighted by Crippen LogP contribution is 2.20. The first-order valence-corrected chi connectivity index (χ1v) is 10.5. The van der Waals surface area contributed by atoms with Crippen LogP contribution in [0.15, 0.2) is 45.5 Å². The molecule has 0 radical (unpaired) electrons. The average Bonchev–Trinajstić information content (AvgIpc) is 3.24. The highest BCUT2D eigenvalue weighted by molar-refractivity contribution is 9.10. The lowest BCUT2D eigenvalue weighted by atomic mass is 10.2. The molecule has 1 saturated heterocycles. The third-order valence-corrected chi connectivity index (χ3v) is 5.43. The Bertz CT molecular complexity index is 908. The van der Waals surface area contributed by atoms with Crippen LogP contribution in [-0.2, 0) is 9.59 Å². The molecule has 160 valence electrons. The Labute approximate surface area is 183 Å². The maximum Gasteiger partial charge on any atom is 0.289 e. The molecule has 30 heavy (non-hydrogen) atoms. The maximum absolute atomic E-state index is 12.6. The van der Waals surface area contributed by atoms with Crippen molar-refractivity contribution in [3.8, 4) is 0 Å². The van der Waals surface area contributed by atoms with E-state index in [1.54, 1.807) is 33.9 Å². The van der Waals surface area contributed by atoms with Crippen LogP contribution in [0.3, 0.4) is 0 Å². The van der Waals surface area contributed by atoms with Gasteiger partial charge in [0.15, 0.2) is 5.76 Å². The molecule has 2 heterocycles. The molecule has 1 aromatic heterocycles. The van der Waals surface area contributed by atoms with Gasteiger partial charge in [-0.25, -0.2) is 0 Å². The number of hydrogen-bond acceptors (Lipinski definition) is 5. The van der Waals surface area contributed by atoms with E-state index in [9.17, 15) is 14.4 Å². The lowest BCUT2D eigenvalue weighted by Crippen LogP contribution is -2.52. The third kappa shape index (κ3) is 5.70. The van der Waals surface area contributed by atoms with Crippen LogP contribution in [0, 0.1) is 6.92 Å². The predicted molar refractivity (Wildman–Crippen MR) is 116 cm³/mol. The first-order valence-electron chi connectivity index (χ1n) is 9.68. The van der Waals surface area contributed by atoms with Crippen molar-refractivity contribution in [2.45, 2.75) is 6.92 Å². The third-order valence-electron chi connectivity index (χ3n) is 4.93. The molecule has 1 aromatic carbocycles. The Hall–Kier alpha value is -2.65. The fraction of sp³-hybridized carbons (Fsp3) is 0.381. The molecule has 0 bridgehead atoms. The van der Waals surface area contributed by atoms with Gasteiger partial charge in [-0.1, -0.05) is 15.9 Å². The van der Waals surface area contributed by atoms with Gasteiger partial charge in [0, 0.05) is 36.3 Å². The number of carbonyl (C=O) groups excluding carboxylic acids is 3. The number of rotatable bonds is 6. The van der Waals surface area contributed by atoms with Gasteiger partial charge in [0.1, 0.15) is 0 Å². The van der Waals surface area contributed by atoms with E-state index in [0.29, 0.717) is 31.9 Å². The summed E-state index contributed by atoms with van der Waals surface area (Å²) in [4.78, 5) is 42.3. The van der Waals surface area contributed by atoms with Gasteiger partial charge < -0.3 is 19.5 Å². The van der Waals surface area contributed by atoms with Crippen LogP contribution in [0.1, 0.15) is 16.1 Å². The number of aryl methyl sites for hydroxylation is 1. The molecule has 9 heteroatoms. The number of nitrogens with one attached hydrogen (secondary N) is 1. The molecule has 1 aliphatic heterocycles. The van der Waals surface area contributed by atoms with Crippen LogP contribution in [0.2, 0.25) is 0 Å². The molecule has 0 atom stereocenters. The molecule has 8 nitrogen and oxygen atoms in total. The largest absolute Gasteiger partial charge is 0.459 e. The standard InChI is InChI=1S/C21H25BrN4O4/c1-15-12-16(22)5-6-17(15)23-19(27)13-24(2)14-20(28)25-7-9-26(10-8-25)21(29)18-4-3-11-30-18/h3-6,11-12H,7-10,13-14H2,1-2H3,(H,23,27). The second-order valence-electron chi connectivity index (χ2n) is 7.33. The van der Waals surface area contributed by atoms with Crippen molar-refractivity contribution in [2.75, 3.05) is 51.6 Å². The first kappa shape index (κ1) is 22.0. The molecule has 3 amide bonds. The number of hydrogen-bond donors (Lipinski definition) is 1. The Morgan fingerprint density at radius 1 is 1.10 bits per heavy atom. The Morgan fingerprint density at radius 2 is 1.80 bits per heavy atom. The summed E-state index contributed by atoms with van der Waals surface area (Å²) in [6.45, 7) is 4.00. The number of likely N-dealkylation sites (N-methyl/N-ethyl adjacent to an activating group) is 1. The zero-order chi connectivity index (χ0) is 21.7. The van der Waals surface area contributed by atoms with Crippen molar-refractivity contribution in [1.82, 2.24) is 14.7 Å². The number of piperazine rings is 1. The lowest BCUT2D eigenvalue weighted by molar-refractivity contribution is -0.133. The van der Waals surface area contributed by atoms with E-state index in [1.807, 2.05) is 25.1 Å². The molecular formula is C21H25BrN4O4. The molecule has 1 N–H and O–H groups in total. The summed E-state index contributed by atoms with van der Waals surface area (Å²) in [5, 5.41) is 2.87. The van der Waals surface area contributed by atoms with E-state index in [4.69, 9.17) is 4.42 Å². The number of furan rings is 1. The molecule has 0 unspecified atom stereocenters. The fourth-order valence-electron chi connectivity index (χ4n) is 3.30. The van der Waals surface area contributed by atoms with E-state index in [0.717, 1.165) is 15.7 Å². The average molecular weight is 477 g/mol. The summed E-state index contributed by atoms with van der Waals surface area (Å²) in [6, 6.07) is 8.95. The monoisotopic (exact) mass is 476 g/mol. The second-order valence-corrected chi connectivity index (χ2v) is 8.25. The minimum atomic E-state index is -0.176. The van der Waals surface area contributed by atoms with Crippen LogP contribution >= 0.6 is 15.9 Å². The number of anilines is 1. The highest BCUT2D eigenvalue weighted by Gasteiger charge is 2.26. The molecule has 0 aliphatic carbocycles. The zero-order valence-electron chi connectivity index (χ0n) is 17.1. The Kier molecular flexibility index (Phi) is 7.28. The molecule has 3 rings (SSSR count). The minimum Gasteiger partial charge on any atom is -0.459 e. The van der Waals surface area contributed by atoms with Crippen LogP contribution in [0.25, 0.3) is 0 Å². The van der Waals surface area contributed by atoms with Crippen LogP contribution in [-0.4, -0.2) is 78.7 Å². The molecule has 0 saturated carbocycles. The van der Waals surface area contributed by atoms with Crippen molar-refractivity contribution >= 4 is 39.3 Å². The number of amides is 3. The van der Waals surface area contributed by atoms with Crippen LogP contribution < -0.4 is 5.32 Å². The predicted octanol–water partition coefficient (Wildman–Crippen LogP) is 2.21. The lowest BCUT2D eigenvalue weighted by Gasteiger charge is -2.35. The Morgan fingerprint density at radius 3 is 2.43 bits per heavy atom. The van der Waals surface area contributed by atoms with E-state index >= 15 is 0 Å². The van der Waals surface area contributed by atoms with Gasteiger partial charge in [-0.3, -0.25) is 19.3 Å². The minimum absolute atomic E-state index is 0.0600. The van der Waals surface area contributed by atoms with Gasteiger partial charge in [0.25, 0.3) is 5.91 Å². The van der Waals surface area contributed by atoms with Gasteiger partial charge >= 0.3 is 0 Å². The molecule has 0 spiro atoms. The van der Waals surface area contributed by atoms with Gasteiger partial charge in [0.05, 0.1) is 19.4 Å². The summed E-state index contributed by atoms with van der Waals surface area (Å²) in [5.74, 6) is -0.0922. The summed E-state index contributed by atoms with van der Waals surface area (Å²) < 4.78 is 6.10. The van der Waals surface area contributed by atoms with Crippen molar-refractivity contribution in [3.63, 3.8) is 0 Å². The van der Waals surface area contributed by atoms with Crippen molar-refractivity contribution in [3.05, 3.63) is 52.4 Å². The van der Waals surface area contributed by atoms with Gasteiger partial charge in [-0.05, 0) is 49.9 Å². The van der Waals surface area contributed by atoms with Crippen molar-refractivity contribution in [2.24, 2.45) is 0 Å². The topological polar surface area (TPSA) is 86.1 Å². The summed E-state index contributed by atoms with van der Waals surface area (Å²) in [6.07, 6.45) is 1.47.